The van der Waals surface area contributed by atoms with Crippen molar-refractivity contribution in [1.82, 2.24) is 4.57 Å². The van der Waals surface area contributed by atoms with E-state index in [9.17, 15) is 9.59 Å². The van der Waals surface area contributed by atoms with Gasteiger partial charge >= 0.3 is 5.97 Å². The van der Waals surface area contributed by atoms with Crippen molar-refractivity contribution < 1.29 is 24.2 Å². The molecule has 0 spiro atoms. The fourth-order valence-corrected chi connectivity index (χ4v) is 3.75. The monoisotopic (exact) mass is 407 g/mol. The molecule has 1 aliphatic rings. The number of aromatic nitrogens is 1. The summed E-state index contributed by atoms with van der Waals surface area (Å²) in [6, 6.07) is 14.3. The zero-order chi connectivity index (χ0) is 21.1. The fourth-order valence-electron chi connectivity index (χ4n) is 3.75. The van der Waals surface area contributed by atoms with Crippen molar-refractivity contribution in [2.24, 2.45) is 0 Å². The van der Waals surface area contributed by atoms with Crippen molar-refractivity contribution in [2.45, 2.75) is 38.7 Å². The predicted octanol–water partition coefficient (Wildman–Crippen LogP) is 4.21. The Hall–Kier alpha value is -3.12. The van der Waals surface area contributed by atoms with Gasteiger partial charge in [0.15, 0.2) is 0 Å². The second kappa shape index (κ2) is 8.71. The zero-order valence-electron chi connectivity index (χ0n) is 17.0. The van der Waals surface area contributed by atoms with Gasteiger partial charge in [0, 0.05) is 16.6 Å². The van der Waals surface area contributed by atoms with Crippen LogP contribution in [-0.4, -0.2) is 40.9 Å². The number of ether oxygens (including phenoxy) is 2. The molecule has 0 saturated heterocycles. The molecule has 6 heteroatoms. The van der Waals surface area contributed by atoms with Gasteiger partial charge in [-0.3, -0.25) is 14.2 Å². The van der Waals surface area contributed by atoms with Crippen molar-refractivity contribution >= 4 is 22.8 Å². The highest BCUT2D eigenvalue weighted by Gasteiger charge is 2.18. The minimum absolute atomic E-state index is 0.0779. The molecule has 0 aliphatic heterocycles. The van der Waals surface area contributed by atoms with Crippen LogP contribution in [0.4, 0.5) is 0 Å². The van der Waals surface area contributed by atoms with Gasteiger partial charge in [-0.1, -0.05) is 12.1 Å². The first-order chi connectivity index (χ1) is 14.5. The summed E-state index contributed by atoms with van der Waals surface area (Å²) in [5, 5.41) is 9.93. The lowest BCUT2D eigenvalue weighted by atomic mass is 9.96. The highest BCUT2D eigenvalue weighted by atomic mass is 16.5. The van der Waals surface area contributed by atoms with Crippen LogP contribution in [0.15, 0.2) is 48.5 Å². The molecule has 1 heterocycles. The second-order valence-corrected chi connectivity index (χ2v) is 7.64. The Kier molecular flexibility index (Phi) is 5.86. The van der Waals surface area contributed by atoms with Crippen molar-refractivity contribution in [3.8, 4) is 5.75 Å². The second-order valence-electron chi connectivity index (χ2n) is 7.64. The largest absolute Gasteiger partial charge is 0.491 e. The van der Waals surface area contributed by atoms with Crippen LogP contribution < -0.4 is 4.74 Å². The fraction of sp³-hybridized carbons (Fsp3) is 0.333. The Bertz CT molecular complexity index is 1060. The molecule has 1 fully saturated rings. The quantitative estimate of drug-likeness (QED) is 0.566. The molecule has 0 radical (unpaired) electrons. The summed E-state index contributed by atoms with van der Waals surface area (Å²) in [4.78, 5) is 24.3. The number of carboxylic acid groups (broad SMARTS) is 1. The van der Waals surface area contributed by atoms with E-state index in [4.69, 9.17) is 14.6 Å². The van der Waals surface area contributed by atoms with Crippen LogP contribution in [0, 0.1) is 6.92 Å². The first kappa shape index (κ1) is 20.2. The van der Waals surface area contributed by atoms with Gasteiger partial charge in [-0.15, -0.1) is 0 Å². The lowest BCUT2D eigenvalue weighted by Gasteiger charge is -2.25. The Morgan fingerprint density at radius 3 is 2.53 bits per heavy atom. The van der Waals surface area contributed by atoms with Crippen LogP contribution in [0.25, 0.3) is 10.9 Å². The molecule has 1 aromatic heterocycles. The zero-order valence-corrected chi connectivity index (χ0v) is 17.0. The molecule has 1 aliphatic carbocycles. The molecular weight excluding hydrogens is 382 g/mol. The molecule has 156 valence electrons. The van der Waals surface area contributed by atoms with E-state index in [1.807, 2.05) is 19.1 Å². The van der Waals surface area contributed by atoms with E-state index in [0.717, 1.165) is 23.9 Å². The van der Waals surface area contributed by atoms with Gasteiger partial charge in [-0.2, -0.15) is 0 Å². The van der Waals surface area contributed by atoms with E-state index in [0.29, 0.717) is 41.7 Å². The highest BCUT2D eigenvalue weighted by molar-refractivity contribution is 6.04. The number of carbonyl (C=O) groups excluding carboxylic acids is 1. The molecule has 0 atom stereocenters. The molecule has 1 N–H and O–H groups in total. The topological polar surface area (TPSA) is 77.8 Å². The van der Waals surface area contributed by atoms with Crippen LogP contribution >= 0.6 is 0 Å². The maximum atomic E-state index is 13.1. The van der Waals surface area contributed by atoms with Crippen LogP contribution in [0.5, 0.6) is 5.75 Å². The van der Waals surface area contributed by atoms with Gasteiger partial charge in [0.2, 0.25) is 0 Å². The number of hydrogen-bond acceptors (Lipinski definition) is 4. The lowest BCUT2D eigenvalue weighted by molar-refractivity contribution is -0.136. The van der Waals surface area contributed by atoms with Gasteiger partial charge in [-0.25, -0.2) is 0 Å². The van der Waals surface area contributed by atoms with E-state index in [1.54, 1.807) is 41.0 Å². The normalized spacial score (nSPS) is 13.9. The Balaban J connectivity index is 1.48. The van der Waals surface area contributed by atoms with Crippen LogP contribution in [0.3, 0.4) is 0 Å². The average Bonchev–Trinajstić information content (AvgIpc) is 3.03. The van der Waals surface area contributed by atoms with Gasteiger partial charge < -0.3 is 14.6 Å². The van der Waals surface area contributed by atoms with Gasteiger partial charge in [0.1, 0.15) is 12.4 Å². The predicted molar refractivity (Wildman–Crippen MR) is 113 cm³/mol. The maximum Gasteiger partial charge on any atom is 0.307 e. The summed E-state index contributed by atoms with van der Waals surface area (Å²) >= 11 is 0. The van der Waals surface area contributed by atoms with E-state index >= 15 is 0 Å². The van der Waals surface area contributed by atoms with Gasteiger partial charge in [0.25, 0.3) is 5.91 Å². The summed E-state index contributed by atoms with van der Waals surface area (Å²) in [5.74, 6) is -0.357. The Morgan fingerprint density at radius 2 is 1.87 bits per heavy atom. The van der Waals surface area contributed by atoms with Crippen molar-refractivity contribution in [1.29, 1.82) is 0 Å². The lowest BCUT2D eigenvalue weighted by Crippen LogP contribution is -2.23. The molecule has 0 bridgehead atoms. The molecule has 4 rings (SSSR count). The van der Waals surface area contributed by atoms with E-state index in [-0.39, 0.29) is 12.3 Å². The molecule has 2 aromatic carbocycles. The minimum Gasteiger partial charge on any atom is -0.491 e. The van der Waals surface area contributed by atoms with Crippen LogP contribution in [0.1, 0.15) is 40.9 Å². The number of hydrogen-bond donors (Lipinski definition) is 1. The number of rotatable bonds is 8. The Labute approximate surface area is 175 Å². The smallest absolute Gasteiger partial charge is 0.307 e. The van der Waals surface area contributed by atoms with Crippen LogP contribution in [-0.2, 0) is 16.0 Å². The molecule has 1 saturated carbocycles. The van der Waals surface area contributed by atoms with E-state index in [1.165, 1.54) is 6.42 Å². The third kappa shape index (κ3) is 4.24. The summed E-state index contributed by atoms with van der Waals surface area (Å²) in [7, 11) is 0. The molecule has 3 aromatic rings. The molecular formula is C24H25NO5. The average molecular weight is 407 g/mol. The first-order valence-electron chi connectivity index (χ1n) is 10.2. The summed E-state index contributed by atoms with van der Waals surface area (Å²) in [5.41, 5.74) is 2.71. The minimum atomic E-state index is -0.895. The Morgan fingerprint density at radius 1 is 1.10 bits per heavy atom. The molecule has 6 nitrogen and oxygen atoms in total. The maximum absolute atomic E-state index is 13.1. The van der Waals surface area contributed by atoms with Crippen molar-refractivity contribution in [3.05, 3.63) is 65.4 Å². The van der Waals surface area contributed by atoms with Gasteiger partial charge in [-0.05, 0) is 68.1 Å². The van der Waals surface area contributed by atoms with Crippen molar-refractivity contribution in [2.75, 3.05) is 13.2 Å². The SMILES string of the molecule is Cc1cc2c(CC(=O)O)cccc2n1C(=O)c1ccc(OCCOC2CCC2)cc1. The summed E-state index contributed by atoms with van der Waals surface area (Å²) in [6.07, 6.45) is 3.84. The number of carbonyl (C=O) groups is 2. The van der Waals surface area contributed by atoms with E-state index < -0.39 is 5.97 Å². The van der Waals surface area contributed by atoms with Gasteiger partial charge in [0.05, 0.1) is 24.6 Å². The van der Waals surface area contributed by atoms with Crippen molar-refractivity contribution in [3.63, 3.8) is 0 Å². The molecule has 0 unspecified atom stereocenters. The number of aryl methyl sites for hydroxylation is 1. The number of benzene rings is 2. The highest BCUT2D eigenvalue weighted by Crippen LogP contribution is 2.26. The first-order valence-corrected chi connectivity index (χ1v) is 10.2. The number of aliphatic carboxylic acids is 1. The number of fused-ring (bicyclic) bond motifs is 1. The molecule has 0 amide bonds. The third-order valence-corrected chi connectivity index (χ3v) is 5.52. The van der Waals surface area contributed by atoms with E-state index in [2.05, 4.69) is 0 Å². The van der Waals surface area contributed by atoms with Crippen LogP contribution in [0.2, 0.25) is 0 Å². The number of nitrogens with zero attached hydrogens (tertiary/aromatic N) is 1. The summed E-state index contributed by atoms with van der Waals surface area (Å²) < 4.78 is 13.0. The summed E-state index contributed by atoms with van der Waals surface area (Å²) in [6.45, 7) is 2.90. The number of carboxylic acids is 1. The standard InChI is InChI=1S/C24H25NO5/c1-16-14-21-18(15-23(26)27)4-2-7-22(21)25(16)24(28)17-8-10-20(11-9-17)30-13-12-29-19-5-3-6-19/h2,4,7-11,14,19H,3,5-6,12-13,15H2,1H3,(H,26,27). The third-order valence-electron chi connectivity index (χ3n) is 5.52. The molecule has 30 heavy (non-hydrogen) atoms.